The predicted molar refractivity (Wildman–Crippen MR) is 92.8 cm³/mol. The number of rotatable bonds is 6. The van der Waals surface area contributed by atoms with Crippen molar-refractivity contribution in [2.75, 3.05) is 6.61 Å². The van der Waals surface area contributed by atoms with Crippen molar-refractivity contribution in [2.24, 2.45) is 0 Å². The molecule has 0 fully saturated rings. The molecular formula is C19H17ClO4. The summed E-state index contributed by atoms with van der Waals surface area (Å²) in [4.78, 5) is 23.7. The molecule has 0 aliphatic carbocycles. The van der Waals surface area contributed by atoms with Gasteiger partial charge in [0.15, 0.2) is 0 Å². The number of hydrogen-bond donors (Lipinski definition) is 1. The lowest BCUT2D eigenvalue weighted by molar-refractivity contribution is -0.142. The van der Waals surface area contributed by atoms with E-state index < -0.39 is 18.4 Å². The van der Waals surface area contributed by atoms with Gasteiger partial charge in [0, 0.05) is 16.2 Å². The largest absolute Gasteiger partial charge is 0.481 e. The zero-order valence-corrected chi connectivity index (χ0v) is 13.9. The number of carbonyl (C=O) groups is 2. The Labute approximate surface area is 145 Å². The number of benzene rings is 2. The van der Waals surface area contributed by atoms with Gasteiger partial charge in [0.1, 0.15) is 0 Å². The molecule has 0 bridgehead atoms. The van der Waals surface area contributed by atoms with Crippen molar-refractivity contribution in [3.05, 3.63) is 76.3 Å². The highest BCUT2D eigenvalue weighted by atomic mass is 35.5. The number of halogens is 1. The Morgan fingerprint density at radius 3 is 2.25 bits per heavy atom. The monoisotopic (exact) mass is 344 g/mol. The number of carbonyl (C=O) groups excluding carboxylic acids is 1. The Kier molecular flexibility index (Phi) is 6.15. The third-order valence-corrected chi connectivity index (χ3v) is 3.69. The topological polar surface area (TPSA) is 63.6 Å². The quantitative estimate of drug-likeness (QED) is 0.630. The zero-order valence-electron chi connectivity index (χ0n) is 13.2. The standard InChI is InChI=1S/C19H17ClO4/c1-2-24-19(23)15(12-17(21)22)18(13-8-4-3-5-9-13)14-10-6-7-11-16(14)20/h3-11H,2,12H2,1H3,(H,21,22). The molecular weight excluding hydrogens is 328 g/mol. The maximum absolute atomic E-state index is 12.4. The van der Waals surface area contributed by atoms with Gasteiger partial charge >= 0.3 is 11.9 Å². The van der Waals surface area contributed by atoms with Gasteiger partial charge in [-0.15, -0.1) is 0 Å². The van der Waals surface area contributed by atoms with Gasteiger partial charge in [-0.25, -0.2) is 4.79 Å². The molecule has 0 amide bonds. The van der Waals surface area contributed by atoms with Crippen LogP contribution >= 0.6 is 11.6 Å². The van der Waals surface area contributed by atoms with Crippen LogP contribution in [0.25, 0.3) is 5.57 Å². The van der Waals surface area contributed by atoms with Gasteiger partial charge in [-0.3, -0.25) is 4.79 Å². The summed E-state index contributed by atoms with van der Waals surface area (Å²) in [7, 11) is 0. The van der Waals surface area contributed by atoms with E-state index in [1.807, 2.05) is 18.2 Å². The molecule has 0 unspecified atom stereocenters. The molecule has 5 heteroatoms. The fraction of sp³-hybridized carbons (Fsp3) is 0.158. The van der Waals surface area contributed by atoms with Crippen LogP contribution in [0.3, 0.4) is 0 Å². The minimum Gasteiger partial charge on any atom is -0.481 e. The number of aliphatic carboxylic acids is 1. The Bertz CT molecular complexity index is 766. The van der Waals surface area contributed by atoms with Crippen molar-refractivity contribution >= 4 is 29.1 Å². The van der Waals surface area contributed by atoms with Crippen molar-refractivity contribution < 1.29 is 19.4 Å². The van der Waals surface area contributed by atoms with Crippen molar-refractivity contribution in [3.63, 3.8) is 0 Å². The predicted octanol–water partition coefficient (Wildman–Crippen LogP) is 4.18. The number of esters is 1. The Balaban J connectivity index is 2.76. The minimum absolute atomic E-state index is 0.0728. The molecule has 0 atom stereocenters. The second-order valence-corrected chi connectivity index (χ2v) is 5.40. The van der Waals surface area contributed by atoms with Crippen LogP contribution < -0.4 is 0 Å². The van der Waals surface area contributed by atoms with E-state index in [1.54, 1.807) is 43.3 Å². The highest BCUT2D eigenvalue weighted by Gasteiger charge is 2.23. The summed E-state index contributed by atoms with van der Waals surface area (Å²) in [6.45, 7) is 1.83. The van der Waals surface area contributed by atoms with Crippen LogP contribution in [0.2, 0.25) is 5.02 Å². The Morgan fingerprint density at radius 1 is 1.04 bits per heavy atom. The normalized spacial score (nSPS) is 11.6. The molecule has 24 heavy (non-hydrogen) atoms. The average molecular weight is 345 g/mol. The van der Waals surface area contributed by atoms with Gasteiger partial charge in [-0.1, -0.05) is 60.1 Å². The lowest BCUT2D eigenvalue weighted by Gasteiger charge is -2.15. The first kappa shape index (κ1) is 17.8. The molecule has 0 aliphatic heterocycles. The molecule has 2 rings (SSSR count). The molecule has 2 aromatic carbocycles. The molecule has 0 heterocycles. The first-order valence-electron chi connectivity index (χ1n) is 7.47. The van der Waals surface area contributed by atoms with Crippen LogP contribution in [-0.4, -0.2) is 23.7 Å². The van der Waals surface area contributed by atoms with Crippen molar-refractivity contribution in [1.29, 1.82) is 0 Å². The molecule has 0 saturated carbocycles. The molecule has 0 saturated heterocycles. The van der Waals surface area contributed by atoms with E-state index >= 15 is 0 Å². The van der Waals surface area contributed by atoms with E-state index in [2.05, 4.69) is 0 Å². The van der Waals surface area contributed by atoms with E-state index in [-0.39, 0.29) is 12.2 Å². The highest BCUT2D eigenvalue weighted by molar-refractivity contribution is 6.32. The maximum atomic E-state index is 12.4. The fourth-order valence-electron chi connectivity index (χ4n) is 2.39. The van der Waals surface area contributed by atoms with Crippen LogP contribution in [0, 0.1) is 0 Å². The summed E-state index contributed by atoms with van der Waals surface area (Å²) in [6, 6.07) is 16.1. The van der Waals surface area contributed by atoms with Crippen LogP contribution in [0.1, 0.15) is 24.5 Å². The van der Waals surface area contributed by atoms with E-state index in [9.17, 15) is 14.7 Å². The molecule has 1 N–H and O–H groups in total. The Hall–Kier alpha value is -2.59. The number of ether oxygens (including phenoxy) is 1. The molecule has 0 spiro atoms. The molecule has 0 radical (unpaired) electrons. The van der Waals surface area contributed by atoms with Crippen molar-refractivity contribution in [2.45, 2.75) is 13.3 Å². The lowest BCUT2D eigenvalue weighted by atomic mass is 9.91. The third-order valence-electron chi connectivity index (χ3n) is 3.36. The average Bonchev–Trinajstić information content (AvgIpc) is 2.57. The van der Waals surface area contributed by atoms with E-state index in [0.29, 0.717) is 21.7 Å². The number of carboxylic acids is 1. The SMILES string of the molecule is CCOC(=O)C(CC(=O)O)=C(c1ccccc1)c1ccccc1Cl. The van der Waals surface area contributed by atoms with E-state index in [1.165, 1.54) is 0 Å². The van der Waals surface area contributed by atoms with Gasteiger partial charge in [0.2, 0.25) is 0 Å². The summed E-state index contributed by atoms with van der Waals surface area (Å²) in [6.07, 6.45) is -0.450. The van der Waals surface area contributed by atoms with E-state index in [0.717, 1.165) is 0 Å². The molecule has 0 aliphatic rings. The zero-order chi connectivity index (χ0) is 17.5. The van der Waals surface area contributed by atoms with E-state index in [4.69, 9.17) is 16.3 Å². The second-order valence-electron chi connectivity index (χ2n) is 4.99. The molecule has 4 nitrogen and oxygen atoms in total. The fourth-order valence-corrected chi connectivity index (χ4v) is 2.62. The number of hydrogen-bond acceptors (Lipinski definition) is 3. The summed E-state index contributed by atoms with van der Waals surface area (Å²) >= 11 is 6.30. The highest BCUT2D eigenvalue weighted by Crippen LogP contribution is 2.33. The van der Waals surface area contributed by atoms with Gasteiger partial charge in [-0.2, -0.15) is 0 Å². The van der Waals surface area contributed by atoms with Crippen LogP contribution in [0.15, 0.2) is 60.2 Å². The lowest BCUT2D eigenvalue weighted by Crippen LogP contribution is -2.14. The molecule has 2 aromatic rings. The van der Waals surface area contributed by atoms with Crippen LogP contribution in [0.4, 0.5) is 0 Å². The van der Waals surface area contributed by atoms with Gasteiger partial charge in [0.05, 0.1) is 18.6 Å². The summed E-state index contributed by atoms with van der Waals surface area (Å²) in [5.41, 5.74) is 1.84. The summed E-state index contributed by atoms with van der Waals surface area (Å²) in [5.74, 6) is -1.77. The third kappa shape index (κ3) is 4.24. The maximum Gasteiger partial charge on any atom is 0.335 e. The minimum atomic E-state index is -1.11. The second kappa shape index (κ2) is 8.31. The van der Waals surface area contributed by atoms with Crippen molar-refractivity contribution in [3.8, 4) is 0 Å². The smallest absolute Gasteiger partial charge is 0.335 e. The first-order valence-corrected chi connectivity index (χ1v) is 7.84. The van der Waals surface area contributed by atoms with Crippen LogP contribution in [0.5, 0.6) is 0 Å². The summed E-state index contributed by atoms with van der Waals surface area (Å²) < 4.78 is 5.07. The van der Waals surface area contributed by atoms with Crippen molar-refractivity contribution in [1.82, 2.24) is 0 Å². The summed E-state index contributed by atoms with van der Waals surface area (Å²) in [5, 5.41) is 9.67. The van der Waals surface area contributed by atoms with Gasteiger partial charge in [-0.05, 0) is 18.6 Å². The van der Waals surface area contributed by atoms with Gasteiger partial charge < -0.3 is 9.84 Å². The molecule has 0 aromatic heterocycles. The number of carboxylic acid groups (broad SMARTS) is 1. The van der Waals surface area contributed by atoms with Crippen LogP contribution in [-0.2, 0) is 14.3 Å². The molecule has 124 valence electrons. The first-order chi connectivity index (χ1) is 11.5. The van der Waals surface area contributed by atoms with Gasteiger partial charge in [0.25, 0.3) is 0 Å². The Morgan fingerprint density at radius 2 is 1.67 bits per heavy atom.